The normalized spacial score (nSPS) is 12.3. The number of halogens is 1. The molecule has 1 amide bonds. The van der Waals surface area contributed by atoms with E-state index in [-0.39, 0.29) is 11.9 Å². The van der Waals surface area contributed by atoms with Gasteiger partial charge < -0.3 is 5.32 Å². The summed E-state index contributed by atoms with van der Waals surface area (Å²) in [7, 11) is 0. The molecule has 1 atom stereocenters. The molecule has 118 valence electrons. The van der Waals surface area contributed by atoms with Crippen molar-refractivity contribution < 1.29 is 4.79 Å². The summed E-state index contributed by atoms with van der Waals surface area (Å²) in [4.78, 5) is 16.6. The Kier molecular flexibility index (Phi) is 5.20. The van der Waals surface area contributed by atoms with E-state index in [1.165, 1.54) is 11.8 Å². The number of carbonyl (C=O) groups is 1. The molecule has 0 spiro atoms. The van der Waals surface area contributed by atoms with Gasteiger partial charge in [0.1, 0.15) is 0 Å². The Morgan fingerprint density at radius 3 is 2.78 bits per heavy atom. The summed E-state index contributed by atoms with van der Waals surface area (Å²) in [5.74, 6) is 0.316. The van der Waals surface area contributed by atoms with Crippen molar-refractivity contribution in [2.45, 2.75) is 17.3 Å². The van der Waals surface area contributed by atoms with Crippen LogP contribution >= 0.6 is 34.7 Å². The van der Waals surface area contributed by atoms with Gasteiger partial charge in [0, 0.05) is 5.02 Å². The van der Waals surface area contributed by atoms with Crippen LogP contribution < -0.4 is 5.32 Å². The Hall–Kier alpha value is -1.56. The quantitative estimate of drug-likeness (QED) is 0.655. The van der Waals surface area contributed by atoms with Gasteiger partial charge in [-0.2, -0.15) is 0 Å². The zero-order valence-corrected chi connectivity index (χ0v) is 14.8. The number of fused-ring (bicyclic) bond motifs is 1. The third-order valence-electron chi connectivity index (χ3n) is 3.35. The van der Waals surface area contributed by atoms with Gasteiger partial charge in [-0.25, -0.2) is 4.98 Å². The summed E-state index contributed by atoms with van der Waals surface area (Å²) in [6, 6.07) is 15.4. The van der Waals surface area contributed by atoms with Crippen molar-refractivity contribution in [2.24, 2.45) is 0 Å². The van der Waals surface area contributed by atoms with Gasteiger partial charge in [0.05, 0.1) is 22.0 Å². The molecule has 2 aromatic carbocycles. The molecule has 0 radical (unpaired) electrons. The van der Waals surface area contributed by atoms with Crippen molar-refractivity contribution in [3.63, 3.8) is 0 Å². The van der Waals surface area contributed by atoms with Gasteiger partial charge in [0.25, 0.3) is 0 Å². The molecule has 0 aliphatic heterocycles. The number of carbonyl (C=O) groups excluding carboxylic acids is 1. The molecule has 0 aliphatic carbocycles. The predicted molar refractivity (Wildman–Crippen MR) is 98.4 cm³/mol. The Labute approximate surface area is 148 Å². The van der Waals surface area contributed by atoms with Gasteiger partial charge >= 0.3 is 0 Å². The van der Waals surface area contributed by atoms with Crippen LogP contribution in [0.15, 0.2) is 52.9 Å². The van der Waals surface area contributed by atoms with Crippen LogP contribution in [0.1, 0.15) is 18.5 Å². The van der Waals surface area contributed by atoms with Crippen molar-refractivity contribution >= 4 is 50.8 Å². The third kappa shape index (κ3) is 4.05. The van der Waals surface area contributed by atoms with Crippen LogP contribution in [0.2, 0.25) is 5.02 Å². The van der Waals surface area contributed by atoms with Crippen molar-refractivity contribution in [3.05, 3.63) is 59.1 Å². The molecular formula is C17H15ClN2OS2. The van der Waals surface area contributed by atoms with Crippen molar-refractivity contribution in [3.8, 4) is 0 Å². The van der Waals surface area contributed by atoms with E-state index in [1.807, 2.05) is 55.5 Å². The fourth-order valence-electron chi connectivity index (χ4n) is 2.23. The number of hydrogen-bond donors (Lipinski definition) is 1. The highest BCUT2D eigenvalue weighted by Crippen LogP contribution is 2.29. The van der Waals surface area contributed by atoms with Crippen LogP contribution in [0, 0.1) is 0 Å². The Morgan fingerprint density at radius 1 is 1.26 bits per heavy atom. The van der Waals surface area contributed by atoms with E-state index in [1.54, 1.807) is 11.3 Å². The van der Waals surface area contributed by atoms with E-state index in [4.69, 9.17) is 11.6 Å². The molecule has 1 unspecified atom stereocenters. The number of para-hydroxylation sites is 1. The van der Waals surface area contributed by atoms with E-state index in [0.717, 1.165) is 20.1 Å². The maximum absolute atomic E-state index is 12.1. The molecule has 1 N–H and O–H groups in total. The number of nitrogens with zero attached hydrogens (tertiary/aromatic N) is 1. The Bertz CT molecular complexity index is 801. The highest BCUT2D eigenvalue weighted by Gasteiger charge is 2.13. The number of thioether (sulfide) groups is 1. The van der Waals surface area contributed by atoms with Gasteiger partial charge in [-0.1, -0.05) is 53.7 Å². The molecule has 1 aromatic heterocycles. The summed E-state index contributed by atoms with van der Waals surface area (Å²) in [6.45, 7) is 1.93. The van der Waals surface area contributed by atoms with Crippen LogP contribution in [0.4, 0.5) is 0 Å². The molecule has 23 heavy (non-hydrogen) atoms. The third-order valence-corrected chi connectivity index (χ3v) is 5.87. The van der Waals surface area contributed by atoms with E-state index >= 15 is 0 Å². The summed E-state index contributed by atoms with van der Waals surface area (Å²) < 4.78 is 2.05. The predicted octanol–water partition coefficient (Wildman–Crippen LogP) is 4.92. The molecule has 0 fully saturated rings. The SMILES string of the molecule is CC(NC(=O)CSc1nc2ccccc2s1)c1ccccc1Cl. The highest BCUT2D eigenvalue weighted by atomic mass is 35.5. The summed E-state index contributed by atoms with van der Waals surface area (Å²) in [6.07, 6.45) is 0. The zero-order valence-electron chi connectivity index (χ0n) is 12.5. The highest BCUT2D eigenvalue weighted by molar-refractivity contribution is 8.01. The Balaban J connectivity index is 1.58. The van der Waals surface area contributed by atoms with Crippen LogP contribution in [0.5, 0.6) is 0 Å². The molecular weight excluding hydrogens is 348 g/mol. The lowest BCUT2D eigenvalue weighted by atomic mass is 10.1. The maximum Gasteiger partial charge on any atom is 0.230 e. The summed E-state index contributed by atoms with van der Waals surface area (Å²) >= 11 is 9.22. The van der Waals surface area contributed by atoms with E-state index < -0.39 is 0 Å². The van der Waals surface area contributed by atoms with Crippen LogP contribution in [0.3, 0.4) is 0 Å². The monoisotopic (exact) mass is 362 g/mol. The molecule has 0 saturated heterocycles. The molecule has 0 bridgehead atoms. The zero-order chi connectivity index (χ0) is 16.2. The first kappa shape index (κ1) is 16.3. The molecule has 6 heteroatoms. The standard InChI is InChI=1S/C17H15ClN2OS2/c1-11(12-6-2-3-7-13(12)18)19-16(21)10-22-17-20-14-8-4-5-9-15(14)23-17/h2-9,11H,10H2,1H3,(H,19,21). The number of aromatic nitrogens is 1. The Morgan fingerprint density at radius 2 is 2.00 bits per heavy atom. The fourth-order valence-corrected chi connectivity index (χ4v) is 4.41. The minimum atomic E-state index is -0.118. The first-order chi connectivity index (χ1) is 11.1. The summed E-state index contributed by atoms with van der Waals surface area (Å²) in [5.41, 5.74) is 1.90. The number of rotatable bonds is 5. The number of thiazole rings is 1. The number of amides is 1. The second-order valence-electron chi connectivity index (χ2n) is 5.05. The van der Waals surface area contributed by atoms with Gasteiger partial charge in [-0.3, -0.25) is 4.79 Å². The van der Waals surface area contributed by atoms with E-state index in [0.29, 0.717) is 10.8 Å². The van der Waals surface area contributed by atoms with Crippen LogP contribution in [-0.2, 0) is 4.79 Å². The smallest absolute Gasteiger partial charge is 0.230 e. The second-order valence-corrected chi connectivity index (χ2v) is 7.71. The second kappa shape index (κ2) is 7.34. The molecule has 3 aromatic rings. The molecule has 3 rings (SSSR count). The number of hydrogen-bond acceptors (Lipinski definition) is 4. The van der Waals surface area contributed by atoms with Gasteiger partial charge in [-0.15, -0.1) is 11.3 Å². The fraction of sp³-hybridized carbons (Fsp3) is 0.176. The number of nitrogens with one attached hydrogen (secondary N) is 1. The lowest BCUT2D eigenvalue weighted by molar-refractivity contribution is -0.119. The van der Waals surface area contributed by atoms with Crippen molar-refractivity contribution in [1.82, 2.24) is 10.3 Å². The van der Waals surface area contributed by atoms with Crippen LogP contribution in [-0.4, -0.2) is 16.6 Å². The lowest BCUT2D eigenvalue weighted by Gasteiger charge is -2.15. The topological polar surface area (TPSA) is 42.0 Å². The lowest BCUT2D eigenvalue weighted by Crippen LogP contribution is -2.28. The first-order valence-corrected chi connectivity index (χ1v) is 9.33. The number of benzene rings is 2. The average molecular weight is 363 g/mol. The summed E-state index contributed by atoms with van der Waals surface area (Å²) in [5, 5.41) is 3.64. The van der Waals surface area contributed by atoms with Crippen LogP contribution in [0.25, 0.3) is 10.2 Å². The van der Waals surface area contributed by atoms with Crippen molar-refractivity contribution in [2.75, 3.05) is 5.75 Å². The molecule has 3 nitrogen and oxygen atoms in total. The van der Waals surface area contributed by atoms with E-state index in [2.05, 4.69) is 10.3 Å². The maximum atomic E-state index is 12.1. The molecule has 0 aliphatic rings. The average Bonchev–Trinajstić information content (AvgIpc) is 2.96. The molecule has 1 heterocycles. The van der Waals surface area contributed by atoms with Crippen molar-refractivity contribution in [1.29, 1.82) is 0 Å². The molecule has 0 saturated carbocycles. The van der Waals surface area contributed by atoms with E-state index in [9.17, 15) is 4.79 Å². The van der Waals surface area contributed by atoms with Gasteiger partial charge in [-0.05, 0) is 30.7 Å². The van der Waals surface area contributed by atoms with Gasteiger partial charge in [0.15, 0.2) is 4.34 Å². The minimum Gasteiger partial charge on any atom is -0.349 e. The largest absolute Gasteiger partial charge is 0.349 e. The van der Waals surface area contributed by atoms with Gasteiger partial charge in [0.2, 0.25) is 5.91 Å². The minimum absolute atomic E-state index is 0.0262. The first-order valence-electron chi connectivity index (χ1n) is 7.15.